The predicted octanol–water partition coefficient (Wildman–Crippen LogP) is 2.73. The number of nitrogens with zero attached hydrogens (tertiary/aromatic N) is 5. The molecule has 0 amide bonds. The minimum absolute atomic E-state index is 0.197. The van der Waals surface area contributed by atoms with Crippen LogP contribution < -0.4 is 10.6 Å². The number of benzene rings is 1. The number of anilines is 1. The van der Waals surface area contributed by atoms with Crippen LogP contribution in [-0.2, 0) is 0 Å². The van der Waals surface area contributed by atoms with Crippen molar-refractivity contribution in [3.05, 3.63) is 29.3 Å². The second kappa shape index (κ2) is 9.75. The zero-order valence-electron chi connectivity index (χ0n) is 18.4. The molecule has 1 aromatic carbocycles. The van der Waals surface area contributed by atoms with Crippen LogP contribution in [0.1, 0.15) is 32.1 Å². The van der Waals surface area contributed by atoms with E-state index in [1.54, 1.807) is 0 Å². The fourth-order valence-electron chi connectivity index (χ4n) is 5.15. The third-order valence-electron chi connectivity index (χ3n) is 7.28. The maximum atomic E-state index is 6.50. The third kappa shape index (κ3) is 5.04. The van der Waals surface area contributed by atoms with Crippen molar-refractivity contribution < 1.29 is 0 Å². The smallest absolute Gasteiger partial charge is 0.191 e. The first-order valence-corrected chi connectivity index (χ1v) is 11.9. The van der Waals surface area contributed by atoms with Crippen LogP contribution in [0.3, 0.4) is 0 Å². The second-order valence-electron chi connectivity index (χ2n) is 9.20. The summed E-state index contributed by atoms with van der Waals surface area (Å²) in [6.45, 7) is 9.34. The Morgan fingerprint density at radius 1 is 0.933 bits per heavy atom. The highest BCUT2D eigenvalue weighted by Gasteiger charge is 2.39. The Kier molecular flexibility index (Phi) is 7.06. The standard InChI is InChI=1S/C23H37ClN6/c1-27-13-9-23(10-14-27,30-11-3-2-4-12-30)19-26-22(25)29-17-15-28(16-18-29)21-7-5-20(24)6-8-21/h5-8H,2-4,9-19H2,1H3,(H2,25,26). The van der Waals surface area contributed by atoms with Gasteiger partial charge in [-0.1, -0.05) is 18.0 Å². The van der Waals surface area contributed by atoms with Gasteiger partial charge in [-0.3, -0.25) is 9.89 Å². The summed E-state index contributed by atoms with van der Waals surface area (Å²) in [6, 6.07) is 8.11. The predicted molar refractivity (Wildman–Crippen MR) is 127 cm³/mol. The molecule has 30 heavy (non-hydrogen) atoms. The number of halogens is 1. The van der Waals surface area contributed by atoms with E-state index in [-0.39, 0.29) is 5.54 Å². The first-order valence-electron chi connectivity index (χ1n) is 11.5. The summed E-state index contributed by atoms with van der Waals surface area (Å²) in [5.74, 6) is 0.723. The molecule has 3 fully saturated rings. The van der Waals surface area contributed by atoms with Crippen molar-refractivity contribution >= 4 is 23.2 Å². The van der Waals surface area contributed by atoms with E-state index in [0.29, 0.717) is 0 Å². The molecule has 3 aliphatic heterocycles. The molecule has 6 nitrogen and oxygen atoms in total. The molecule has 0 atom stereocenters. The number of nitrogens with two attached hydrogens (primary N) is 1. The van der Waals surface area contributed by atoms with E-state index in [0.717, 1.165) is 56.8 Å². The Morgan fingerprint density at radius 2 is 1.57 bits per heavy atom. The molecule has 7 heteroatoms. The zero-order valence-corrected chi connectivity index (χ0v) is 19.2. The number of hydrogen-bond acceptors (Lipinski definition) is 4. The summed E-state index contributed by atoms with van der Waals surface area (Å²) in [5.41, 5.74) is 7.92. The average molecular weight is 433 g/mol. The maximum Gasteiger partial charge on any atom is 0.191 e. The quantitative estimate of drug-likeness (QED) is 0.585. The summed E-state index contributed by atoms with van der Waals surface area (Å²) in [6.07, 6.45) is 6.41. The lowest BCUT2D eigenvalue weighted by Gasteiger charge is -2.49. The highest BCUT2D eigenvalue weighted by atomic mass is 35.5. The highest BCUT2D eigenvalue weighted by molar-refractivity contribution is 6.30. The molecule has 3 heterocycles. The van der Waals surface area contributed by atoms with E-state index in [9.17, 15) is 0 Å². The number of guanidine groups is 1. The Balaban J connectivity index is 1.36. The molecule has 0 aromatic heterocycles. The minimum atomic E-state index is 0.197. The van der Waals surface area contributed by atoms with Gasteiger partial charge in [-0.05, 0) is 83.2 Å². The number of likely N-dealkylation sites (tertiary alicyclic amines) is 2. The Labute approximate surface area is 186 Å². The molecule has 1 aromatic rings. The van der Waals surface area contributed by atoms with Crippen LogP contribution in [0, 0.1) is 0 Å². The molecule has 0 unspecified atom stereocenters. The van der Waals surface area contributed by atoms with E-state index in [4.69, 9.17) is 22.3 Å². The third-order valence-corrected chi connectivity index (χ3v) is 7.53. The molecule has 3 saturated heterocycles. The van der Waals surface area contributed by atoms with E-state index in [2.05, 4.69) is 38.8 Å². The number of hydrogen-bond donors (Lipinski definition) is 1. The second-order valence-corrected chi connectivity index (χ2v) is 9.64. The zero-order chi connectivity index (χ0) is 21.0. The summed E-state index contributed by atoms with van der Waals surface area (Å²) < 4.78 is 0. The Hall–Kier alpha value is -1.50. The molecular formula is C23H37ClN6. The summed E-state index contributed by atoms with van der Waals surface area (Å²) in [7, 11) is 2.23. The first kappa shape index (κ1) is 21.7. The van der Waals surface area contributed by atoms with Gasteiger partial charge in [0.05, 0.1) is 6.54 Å². The minimum Gasteiger partial charge on any atom is -0.370 e. The maximum absolute atomic E-state index is 6.50. The number of aliphatic imine (C=N–C) groups is 1. The highest BCUT2D eigenvalue weighted by Crippen LogP contribution is 2.32. The molecule has 0 radical (unpaired) electrons. The van der Waals surface area contributed by atoms with Gasteiger partial charge in [0.2, 0.25) is 0 Å². The molecule has 0 bridgehead atoms. The van der Waals surface area contributed by atoms with Crippen LogP contribution in [0.25, 0.3) is 0 Å². The van der Waals surface area contributed by atoms with Gasteiger partial charge in [0.1, 0.15) is 0 Å². The molecule has 0 saturated carbocycles. The topological polar surface area (TPSA) is 51.3 Å². The van der Waals surface area contributed by atoms with Gasteiger partial charge in [0.25, 0.3) is 0 Å². The van der Waals surface area contributed by atoms with Crippen molar-refractivity contribution in [2.24, 2.45) is 10.7 Å². The van der Waals surface area contributed by atoms with Gasteiger partial charge >= 0.3 is 0 Å². The molecule has 0 spiro atoms. The number of rotatable bonds is 4. The van der Waals surface area contributed by atoms with Crippen molar-refractivity contribution in [2.75, 3.05) is 70.9 Å². The average Bonchev–Trinajstić information content (AvgIpc) is 2.80. The van der Waals surface area contributed by atoms with Gasteiger partial charge in [0.15, 0.2) is 5.96 Å². The molecule has 4 rings (SSSR count). The fraction of sp³-hybridized carbons (Fsp3) is 0.696. The van der Waals surface area contributed by atoms with E-state index >= 15 is 0 Å². The summed E-state index contributed by atoms with van der Waals surface area (Å²) in [4.78, 5) is 14.8. The molecule has 2 N–H and O–H groups in total. The van der Waals surface area contributed by atoms with Gasteiger partial charge in [-0.25, -0.2) is 0 Å². The molecular weight excluding hydrogens is 396 g/mol. The van der Waals surface area contributed by atoms with Crippen molar-refractivity contribution in [1.82, 2.24) is 14.7 Å². The van der Waals surface area contributed by atoms with Crippen LogP contribution in [-0.4, -0.2) is 92.1 Å². The van der Waals surface area contributed by atoms with E-state index in [1.807, 2.05) is 12.1 Å². The van der Waals surface area contributed by atoms with Crippen LogP contribution in [0.5, 0.6) is 0 Å². The SMILES string of the molecule is CN1CCC(CN=C(N)N2CCN(c3ccc(Cl)cc3)CC2)(N2CCCCC2)CC1. The lowest BCUT2D eigenvalue weighted by molar-refractivity contribution is 0.0207. The Bertz CT molecular complexity index is 699. The molecule has 0 aliphatic carbocycles. The largest absolute Gasteiger partial charge is 0.370 e. The van der Waals surface area contributed by atoms with Crippen molar-refractivity contribution in [1.29, 1.82) is 0 Å². The summed E-state index contributed by atoms with van der Waals surface area (Å²) in [5, 5.41) is 0.783. The lowest BCUT2D eigenvalue weighted by atomic mass is 9.84. The first-order chi connectivity index (χ1) is 14.6. The number of piperidine rings is 2. The van der Waals surface area contributed by atoms with Crippen LogP contribution in [0.2, 0.25) is 5.02 Å². The van der Waals surface area contributed by atoms with Crippen molar-refractivity contribution in [3.63, 3.8) is 0 Å². The van der Waals surface area contributed by atoms with Gasteiger partial charge < -0.3 is 20.4 Å². The van der Waals surface area contributed by atoms with Crippen molar-refractivity contribution in [2.45, 2.75) is 37.6 Å². The van der Waals surface area contributed by atoms with Crippen LogP contribution in [0.4, 0.5) is 5.69 Å². The molecule has 3 aliphatic rings. The molecule has 166 valence electrons. The summed E-state index contributed by atoms with van der Waals surface area (Å²) >= 11 is 6.02. The van der Waals surface area contributed by atoms with Gasteiger partial charge in [-0.15, -0.1) is 0 Å². The van der Waals surface area contributed by atoms with E-state index in [1.165, 1.54) is 50.9 Å². The lowest BCUT2D eigenvalue weighted by Crippen LogP contribution is -2.58. The monoisotopic (exact) mass is 432 g/mol. The van der Waals surface area contributed by atoms with Gasteiger partial charge in [0, 0.05) is 42.4 Å². The van der Waals surface area contributed by atoms with Gasteiger partial charge in [-0.2, -0.15) is 0 Å². The van der Waals surface area contributed by atoms with Crippen LogP contribution in [0.15, 0.2) is 29.3 Å². The van der Waals surface area contributed by atoms with Crippen LogP contribution >= 0.6 is 11.6 Å². The normalized spacial score (nSPS) is 24.3. The number of piperazine rings is 1. The van der Waals surface area contributed by atoms with E-state index < -0.39 is 0 Å². The Morgan fingerprint density at radius 3 is 2.20 bits per heavy atom. The van der Waals surface area contributed by atoms with Crippen molar-refractivity contribution in [3.8, 4) is 0 Å². The fourth-order valence-corrected chi connectivity index (χ4v) is 5.28.